The lowest BCUT2D eigenvalue weighted by molar-refractivity contribution is -0.386. The van der Waals surface area contributed by atoms with Crippen LogP contribution in [-0.4, -0.2) is 24.7 Å². The van der Waals surface area contributed by atoms with Gasteiger partial charge in [0.1, 0.15) is 5.69 Å². The lowest BCUT2D eigenvalue weighted by Crippen LogP contribution is -2.20. The Morgan fingerprint density at radius 1 is 1.47 bits per heavy atom. The van der Waals surface area contributed by atoms with Gasteiger partial charge in [0.05, 0.1) is 4.92 Å². The van der Waals surface area contributed by atoms with Crippen molar-refractivity contribution in [2.24, 2.45) is 0 Å². The minimum absolute atomic E-state index is 0.353. The van der Waals surface area contributed by atoms with Crippen LogP contribution >= 0.6 is 10.7 Å². The Bertz CT molecular complexity index is 630. The van der Waals surface area contributed by atoms with Gasteiger partial charge in [-0.1, -0.05) is 0 Å². The zero-order valence-electron chi connectivity index (χ0n) is 8.93. The third-order valence-electron chi connectivity index (χ3n) is 1.79. The molecule has 0 amide bonds. The van der Waals surface area contributed by atoms with Crippen LogP contribution in [0, 0.1) is 17.0 Å². The van der Waals surface area contributed by atoms with Crippen molar-refractivity contribution in [1.29, 1.82) is 0 Å². The van der Waals surface area contributed by atoms with E-state index >= 15 is 0 Å². The van der Waals surface area contributed by atoms with Crippen LogP contribution in [0.25, 0.3) is 0 Å². The maximum atomic E-state index is 12.1. The molecule has 1 heterocycles. The molecule has 0 radical (unpaired) electrons. The molecule has 0 saturated heterocycles. The smallest absolute Gasteiger partial charge is 0.386 e. The molecule has 0 aliphatic heterocycles. The van der Waals surface area contributed by atoms with Gasteiger partial charge in [-0.05, 0) is 6.92 Å². The molecule has 1 rings (SSSR count). The highest BCUT2D eigenvalue weighted by molar-refractivity contribution is 8.13. The number of nitrogens with zero attached hydrogens (tertiary/aromatic N) is 2. The average Bonchev–Trinajstić information content (AvgIpc) is 2.11. The van der Waals surface area contributed by atoms with Crippen molar-refractivity contribution < 1.29 is 31.2 Å². The highest BCUT2D eigenvalue weighted by Crippen LogP contribution is 2.33. The molecule has 1 aromatic heterocycles. The van der Waals surface area contributed by atoms with Crippen LogP contribution in [0.5, 0.6) is 5.88 Å². The summed E-state index contributed by atoms with van der Waals surface area (Å²) in [5.74, 6) is -1.37. The SMILES string of the molecule is Cc1nc(OC(F)(F)F)c(S(=O)(=O)Cl)cc1[N+](=O)[O-]. The minimum atomic E-state index is -5.22. The van der Waals surface area contributed by atoms with Crippen molar-refractivity contribution in [1.82, 2.24) is 4.98 Å². The Morgan fingerprint density at radius 2 is 2.00 bits per heavy atom. The topological polar surface area (TPSA) is 99.4 Å². The van der Waals surface area contributed by atoms with Gasteiger partial charge >= 0.3 is 6.36 Å². The van der Waals surface area contributed by atoms with E-state index in [0.717, 1.165) is 6.92 Å². The quantitative estimate of drug-likeness (QED) is 0.480. The summed E-state index contributed by atoms with van der Waals surface area (Å²) in [5.41, 5.74) is -1.25. The van der Waals surface area contributed by atoms with Gasteiger partial charge in [0, 0.05) is 16.7 Å². The Morgan fingerprint density at radius 3 is 2.37 bits per heavy atom. The number of hydrogen-bond acceptors (Lipinski definition) is 6. The first kappa shape index (κ1) is 15.4. The summed E-state index contributed by atoms with van der Waals surface area (Å²) in [4.78, 5) is 11.4. The van der Waals surface area contributed by atoms with E-state index in [1.807, 2.05) is 0 Å². The molecule has 0 N–H and O–H groups in total. The number of alkyl halides is 3. The van der Waals surface area contributed by atoms with Crippen molar-refractivity contribution in [2.45, 2.75) is 18.2 Å². The zero-order valence-corrected chi connectivity index (χ0v) is 10.5. The first-order chi connectivity index (χ1) is 8.42. The van der Waals surface area contributed by atoms with Crippen molar-refractivity contribution in [3.63, 3.8) is 0 Å². The number of hydrogen-bond donors (Lipinski definition) is 0. The number of pyridine rings is 1. The van der Waals surface area contributed by atoms with Crippen LogP contribution in [0.2, 0.25) is 0 Å². The van der Waals surface area contributed by atoms with Crippen LogP contribution < -0.4 is 4.74 Å². The summed E-state index contributed by atoms with van der Waals surface area (Å²) in [7, 11) is 0.185. The van der Waals surface area contributed by atoms with Gasteiger partial charge in [0.25, 0.3) is 14.7 Å². The van der Waals surface area contributed by atoms with Gasteiger partial charge in [-0.25, -0.2) is 13.4 Å². The second-order valence-corrected chi connectivity index (χ2v) is 5.67. The Kier molecular flexibility index (Phi) is 3.91. The molecule has 1 aromatic rings. The van der Waals surface area contributed by atoms with Gasteiger partial charge < -0.3 is 4.74 Å². The van der Waals surface area contributed by atoms with Crippen molar-refractivity contribution in [3.8, 4) is 5.88 Å². The summed E-state index contributed by atoms with van der Waals surface area (Å²) in [6, 6.07) is 0.353. The molecular weight excluding hydrogens is 317 g/mol. The molecule has 0 bridgehead atoms. The number of rotatable bonds is 3. The summed E-state index contributed by atoms with van der Waals surface area (Å²) in [6.45, 7) is 1.02. The van der Waals surface area contributed by atoms with Gasteiger partial charge in [-0.15, -0.1) is 13.2 Å². The van der Waals surface area contributed by atoms with Gasteiger partial charge in [-0.3, -0.25) is 10.1 Å². The monoisotopic (exact) mass is 320 g/mol. The molecule has 0 aliphatic rings. The molecule has 106 valence electrons. The summed E-state index contributed by atoms with van der Waals surface area (Å²) in [5, 5.41) is 10.6. The molecule has 12 heteroatoms. The van der Waals surface area contributed by atoms with Gasteiger partial charge in [0.15, 0.2) is 4.90 Å². The number of nitro groups is 1. The number of ether oxygens (including phenoxy) is 1. The predicted octanol–water partition coefficient (Wildman–Crippen LogP) is 2.12. The largest absolute Gasteiger partial charge is 0.574 e. The second-order valence-electron chi connectivity index (χ2n) is 3.14. The van der Waals surface area contributed by atoms with E-state index in [-0.39, 0.29) is 0 Å². The van der Waals surface area contributed by atoms with Crippen LogP contribution in [0.15, 0.2) is 11.0 Å². The fourth-order valence-corrected chi connectivity index (χ4v) is 1.98. The predicted molar refractivity (Wildman–Crippen MR) is 55.4 cm³/mol. The number of halogens is 4. The van der Waals surface area contributed by atoms with E-state index in [0.29, 0.717) is 6.07 Å². The minimum Gasteiger partial charge on any atom is -0.386 e. The normalized spacial score (nSPS) is 12.3. The van der Waals surface area contributed by atoms with Crippen LogP contribution in [-0.2, 0) is 9.05 Å². The zero-order chi connectivity index (χ0) is 15.0. The van der Waals surface area contributed by atoms with Gasteiger partial charge in [0.2, 0.25) is 5.88 Å². The Hall–Kier alpha value is -1.62. The van der Waals surface area contributed by atoms with Crippen LogP contribution in [0.4, 0.5) is 18.9 Å². The van der Waals surface area contributed by atoms with E-state index in [1.54, 1.807) is 0 Å². The van der Waals surface area contributed by atoms with E-state index in [4.69, 9.17) is 10.7 Å². The maximum absolute atomic E-state index is 12.1. The van der Waals surface area contributed by atoms with E-state index in [2.05, 4.69) is 9.72 Å². The van der Waals surface area contributed by atoms with Crippen molar-refractivity contribution >= 4 is 25.4 Å². The van der Waals surface area contributed by atoms with Gasteiger partial charge in [-0.2, -0.15) is 0 Å². The first-order valence-corrected chi connectivity index (χ1v) is 6.59. The van der Waals surface area contributed by atoms with Crippen LogP contribution in [0.1, 0.15) is 5.69 Å². The van der Waals surface area contributed by atoms with Crippen LogP contribution in [0.3, 0.4) is 0 Å². The average molecular weight is 321 g/mol. The fraction of sp³-hybridized carbons (Fsp3) is 0.286. The summed E-state index contributed by atoms with van der Waals surface area (Å²) >= 11 is 0. The number of aryl methyl sites for hydroxylation is 1. The maximum Gasteiger partial charge on any atom is 0.574 e. The molecule has 0 spiro atoms. The third kappa shape index (κ3) is 3.92. The standard InChI is InChI=1S/C7H4ClF3N2O5S/c1-3-4(13(14)15)2-5(19(8,16)17)6(12-3)18-7(9,10)11/h2H,1H3. The number of aromatic nitrogens is 1. The molecular formula is C7H4ClF3N2O5S. The summed E-state index contributed by atoms with van der Waals surface area (Å²) < 4.78 is 61.7. The highest BCUT2D eigenvalue weighted by atomic mass is 35.7. The lowest BCUT2D eigenvalue weighted by atomic mass is 10.3. The molecule has 0 saturated carbocycles. The molecule has 0 aliphatic carbocycles. The van der Waals surface area contributed by atoms with Crippen molar-refractivity contribution in [3.05, 3.63) is 21.9 Å². The first-order valence-electron chi connectivity index (χ1n) is 4.28. The summed E-state index contributed by atoms with van der Waals surface area (Å²) in [6.07, 6.45) is -5.22. The molecule has 19 heavy (non-hydrogen) atoms. The second kappa shape index (κ2) is 4.81. The van der Waals surface area contributed by atoms with Crippen molar-refractivity contribution in [2.75, 3.05) is 0 Å². The Labute approximate surface area is 108 Å². The molecule has 0 fully saturated rings. The molecule has 0 aromatic carbocycles. The van der Waals surface area contributed by atoms with E-state index in [1.165, 1.54) is 0 Å². The van der Waals surface area contributed by atoms with E-state index in [9.17, 15) is 31.7 Å². The molecule has 0 atom stereocenters. The molecule has 7 nitrogen and oxygen atoms in total. The van der Waals surface area contributed by atoms with E-state index < -0.39 is 42.5 Å². The lowest BCUT2D eigenvalue weighted by Gasteiger charge is -2.11. The highest BCUT2D eigenvalue weighted by Gasteiger charge is 2.36. The molecule has 0 unspecified atom stereocenters. The fourth-order valence-electron chi connectivity index (χ4n) is 1.10. The third-order valence-corrected chi connectivity index (χ3v) is 3.11. The Balaban J connectivity index is 3.55.